The first-order chi connectivity index (χ1) is 5.09. The summed E-state index contributed by atoms with van der Waals surface area (Å²) < 4.78 is 5.33. The van der Waals surface area contributed by atoms with Gasteiger partial charge >= 0.3 is 0 Å². The SMILES string of the molecule is Cc1nc(C[C@H](C)N)oc1C. The van der Waals surface area contributed by atoms with E-state index in [0.717, 1.165) is 17.3 Å². The van der Waals surface area contributed by atoms with Crippen molar-refractivity contribution >= 4 is 0 Å². The van der Waals surface area contributed by atoms with E-state index in [0.29, 0.717) is 6.42 Å². The molecule has 0 aromatic carbocycles. The molecule has 0 radical (unpaired) electrons. The number of nitrogens with two attached hydrogens (primary N) is 1. The maximum absolute atomic E-state index is 5.58. The molecule has 0 aliphatic carbocycles. The van der Waals surface area contributed by atoms with Gasteiger partial charge < -0.3 is 10.2 Å². The van der Waals surface area contributed by atoms with E-state index in [1.807, 2.05) is 20.8 Å². The fourth-order valence-electron chi connectivity index (χ4n) is 0.902. The minimum atomic E-state index is 0.118. The van der Waals surface area contributed by atoms with Crippen LogP contribution in [0.25, 0.3) is 0 Å². The van der Waals surface area contributed by atoms with Gasteiger partial charge in [-0.3, -0.25) is 0 Å². The highest BCUT2D eigenvalue weighted by Crippen LogP contribution is 2.09. The number of aromatic nitrogens is 1. The molecular weight excluding hydrogens is 140 g/mol. The van der Waals surface area contributed by atoms with E-state index < -0.39 is 0 Å². The quantitative estimate of drug-likeness (QED) is 0.696. The van der Waals surface area contributed by atoms with Crippen LogP contribution in [0.5, 0.6) is 0 Å². The van der Waals surface area contributed by atoms with E-state index in [-0.39, 0.29) is 6.04 Å². The van der Waals surface area contributed by atoms with Gasteiger partial charge in [0, 0.05) is 12.5 Å². The van der Waals surface area contributed by atoms with E-state index in [1.54, 1.807) is 0 Å². The van der Waals surface area contributed by atoms with Gasteiger partial charge in [-0.15, -0.1) is 0 Å². The summed E-state index contributed by atoms with van der Waals surface area (Å²) in [5.74, 6) is 1.63. The van der Waals surface area contributed by atoms with Crippen LogP contribution in [0.1, 0.15) is 24.3 Å². The lowest BCUT2D eigenvalue weighted by Gasteiger charge is -1.97. The molecule has 1 rings (SSSR count). The number of aryl methyl sites for hydroxylation is 2. The molecule has 2 N–H and O–H groups in total. The Labute approximate surface area is 66.6 Å². The average Bonchev–Trinajstić information content (AvgIpc) is 2.10. The molecule has 0 aliphatic rings. The van der Waals surface area contributed by atoms with Crippen LogP contribution in [0.15, 0.2) is 4.42 Å². The number of hydrogen-bond acceptors (Lipinski definition) is 3. The first-order valence-electron chi connectivity index (χ1n) is 3.78. The second kappa shape index (κ2) is 3.05. The molecular formula is C8H14N2O. The number of rotatable bonds is 2. The summed E-state index contributed by atoms with van der Waals surface area (Å²) >= 11 is 0. The zero-order valence-corrected chi connectivity index (χ0v) is 7.22. The van der Waals surface area contributed by atoms with Crippen LogP contribution in [-0.2, 0) is 6.42 Å². The van der Waals surface area contributed by atoms with Gasteiger partial charge in [-0.2, -0.15) is 0 Å². The predicted octanol–water partition coefficient (Wildman–Crippen LogP) is 1.18. The minimum Gasteiger partial charge on any atom is -0.446 e. The molecule has 1 aromatic rings. The highest BCUT2D eigenvalue weighted by Gasteiger charge is 2.06. The van der Waals surface area contributed by atoms with Crippen LogP contribution in [0.2, 0.25) is 0 Å². The van der Waals surface area contributed by atoms with Gasteiger partial charge in [0.1, 0.15) is 5.76 Å². The number of nitrogens with zero attached hydrogens (tertiary/aromatic N) is 1. The van der Waals surface area contributed by atoms with Crippen molar-refractivity contribution in [3.8, 4) is 0 Å². The van der Waals surface area contributed by atoms with E-state index in [9.17, 15) is 0 Å². The Bertz CT molecular complexity index is 221. The zero-order valence-electron chi connectivity index (χ0n) is 7.22. The summed E-state index contributed by atoms with van der Waals surface area (Å²) in [6.45, 7) is 5.78. The van der Waals surface area contributed by atoms with Gasteiger partial charge in [-0.25, -0.2) is 4.98 Å². The van der Waals surface area contributed by atoms with Crippen LogP contribution in [0.3, 0.4) is 0 Å². The summed E-state index contributed by atoms with van der Waals surface area (Å²) in [6, 6.07) is 0.118. The van der Waals surface area contributed by atoms with Crippen molar-refractivity contribution in [2.75, 3.05) is 0 Å². The van der Waals surface area contributed by atoms with Crippen LogP contribution in [0.4, 0.5) is 0 Å². The fourth-order valence-corrected chi connectivity index (χ4v) is 0.902. The Kier molecular flexibility index (Phi) is 2.29. The van der Waals surface area contributed by atoms with Gasteiger partial charge in [-0.1, -0.05) is 0 Å². The van der Waals surface area contributed by atoms with Crippen molar-refractivity contribution in [1.29, 1.82) is 0 Å². The Hall–Kier alpha value is -0.830. The molecule has 1 atom stereocenters. The minimum absolute atomic E-state index is 0.118. The Morgan fingerprint density at radius 1 is 1.55 bits per heavy atom. The molecule has 0 aliphatic heterocycles. The molecule has 1 heterocycles. The molecule has 0 bridgehead atoms. The van der Waals surface area contributed by atoms with Crippen LogP contribution in [0, 0.1) is 13.8 Å². The van der Waals surface area contributed by atoms with Gasteiger partial charge in [0.25, 0.3) is 0 Å². The topological polar surface area (TPSA) is 52.0 Å². The van der Waals surface area contributed by atoms with Crippen molar-refractivity contribution < 1.29 is 4.42 Å². The second-order valence-electron chi connectivity index (χ2n) is 2.93. The summed E-state index contributed by atoms with van der Waals surface area (Å²) in [4.78, 5) is 4.20. The maximum atomic E-state index is 5.58. The second-order valence-corrected chi connectivity index (χ2v) is 2.93. The molecule has 62 valence electrons. The molecule has 0 fully saturated rings. The van der Waals surface area contributed by atoms with Crippen molar-refractivity contribution in [2.45, 2.75) is 33.2 Å². The molecule has 0 spiro atoms. The van der Waals surface area contributed by atoms with E-state index >= 15 is 0 Å². The van der Waals surface area contributed by atoms with Crippen molar-refractivity contribution in [2.24, 2.45) is 5.73 Å². The third-order valence-electron chi connectivity index (χ3n) is 1.57. The van der Waals surface area contributed by atoms with Crippen molar-refractivity contribution in [1.82, 2.24) is 4.98 Å². The largest absolute Gasteiger partial charge is 0.446 e. The maximum Gasteiger partial charge on any atom is 0.196 e. The van der Waals surface area contributed by atoms with Gasteiger partial charge in [0.2, 0.25) is 0 Å². The molecule has 3 nitrogen and oxygen atoms in total. The zero-order chi connectivity index (χ0) is 8.43. The molecule has 0 saturated heterocycles. The highest BCUT2D eigenvalue weighted by atomic mass is 16.4. The first kappa shape index (κ1) is 8.27. The smallest absolute Gasteiger partial charge is 0.196 e. The fraction of sp³-hybridized carbons (Fsp3) is 0.625. The average molecular weight is 154 g/mol. The summed E-state index contributed by atoms with van der Waals surface area (Å²) in [7, 11) is 0. The number of hydrogen-bond donors (Lipinski definition) is 1. The third kappa shape index (κ3) is 2.05. The highest BCUT2D eigenvalue weighted by molar-refractivity contribution is 5.05. The summed E-state index contributed by atoms with van der Waals surface area (Å²) in [5, 5.41) is 0. The summed E-state index contributed by atoms with van der Waals surface area (Å²) in [6.07, 6.45) is 0.717. The monoisotopic (exact) mass is 154 g/mol. The lowest BCUT2D eigenvalue weighted by molar-refractivity contribution is 0.456. The normalized spacial score (nSPS) is 13.5. The predicted molar refractivity (Wildman–Crippen MR) is 43.3 cm³/mol. The standard InChI is InChI=1S/C8H14N2O/c1-5(9)4-8-10-6(2)7(3)11-8/h5H,4,9H2,1-3H3/t5-/m0/s1. The van der Waals surface area contributed by atoms with Gasteiger partial charge in [0.05, 0.1) is 5.69 Å². The van der Waals surface area contributed by atoms with Crippen LogP contribution < -0.4 is 5.73 Å². The van der Waals surface area contributed by atoms with E-state index in [2.05, 4.69) is 4.98 Å². The Morgan fingerprint density at radius 3 is 2.55 bits per heavy atom. The molecule has 1 aromatic heterocycles. The molecule has 0 unspecified atom stereocenters. The Balaban J connectivity index is 2.73. The molecule has 3 heteroatoms. The van der Waals surface area contributed by atoms with Gasteiger partial charge in [0.15, 0.2) is 5.89 Å². The van der Waals surface area contributed by atoms with Crippen molar-refractivity contribution in [3.05, 3.63) is 17.3 Å². The van der Waals surface area contributed by atoms with Gasteiger partial charge in [-0.05, 0) is 20.8 Å². The third-order valence-corrected chi connectivity index (χ3v) is 1.57. The lowest BCUT2D eigenvalue weighted by Crippen LogP contribution is -2.17. The molecule has 11 heavy (non-hydrogen) atoms. The first-order valence-corrected chi connectivity index (χ1v) is 3.78. The molecule has 0 saturated carbocycles. The molecule has 0 amide bonds. The summed E-state index contributed by atoms with van der Waals surface area (Å²) in [5.41, 5.74) is 6.54. The van der Waals surface area contributed by atoms with Crippen molar-refractivity contribution in [3.63, 3.8) is 0 Å². The van der Waals surface area contributed by atoms with E-state index in [4.69, 9.17) is 10.2 Å². The van der Waals surface area contributed by atoms with Crippen LogP contribution >= 0.6 is 0 Å². The van der Waals surface area contributed by atoms with E-state index in [1.165, 1.54) is 0 Å². The number of oxazole rings is 1. The van der Waals surface area contributed by atoms with Crippen LogP contribution in [-0.4, -0.2) is 11.0 Å². The Morgan fingerprint density at radius 2 is 2.18 bits per heavy atom. The lowest BCUT2D eigenvalue weighted by atomic mass is 10.2.